The van der Waals surface area contributed by atoms with E-state index in [1.807, 2.05) is 0 Å². The van der Waals surface area contributed by atoms with Gasteiger partial charge in [-0.3, -0.25) is 4.90 Å². The van der Waals surface area contributed by atoms with Crippen molar-refractivity contribution in [2.75, 3.05) is 51.4 Å². The Morgan fingerprint density at radius 2 is 2.56 bits per heavy atom. The average molecular weight is 242 g/mol. The third kappa shape index (κ3) is 3.77. The predicted molar refractivity (Wildman–Crippen MR) is 70.1 cm³/mol. The van der Waals surface area contributed by atoms with Gasteiger partial charge in [0, 0.05) is 50.8 Å². The molecule has 1 N–H and O–H groups in total. The molecule has 0 spiro atoms. The molecule has 0 aromatic rings. The maximum atomic E-state index is 5.16. The summed E-state index contributed by atoms with van der Waals surface area (Å²) >= 11 is 2.08. The highest BCUT2D eigenvalue weighted by atomic mass is 32.2. The van der Waals surface area contributed by atoms with Gasteiger partial charge >= 0.3 is 0 Å². The Bertz CT molecular complexity index is 239. The van der Waals surface area contributed by atoms with Crippen molar-refractivity contribution in [3.05, 3.63) is 11.6 Å². The molecule has 0 radical (unpaired) electrons. The maximum absolute atomic E-state index is 5.16. The van der Waals surface area contributed by atoms with E-state index >= 15 is 0 Å². The summed E-state index contributed by atoms with van der Waals surface area (Å²) in [5.41, 5.74) is 1.46. The molecule has 92 valence electrons. The van der Waals surface area contributed by atoms with Crippen LogP contribution in [-0.4, -0.2) is 62.3 Å². The van der Waals surface area contributed by atoms with E-state index in [-0.39, 0.29) is 0 Å². The molecule has 2 aliphatic heterocycles. The molecule has 2 aliphatic rings. The second-order valence-corrected chi connectivity index (χ2v) is 5.68. The van der Waals surface area contributed by atoms with E-state index in [1.54, 1.807) is 7.11 Å². The maximum Gasteiger partial charge on any atom is 0.0673 e. The smallest absolute Gasteiger partial charge is 0.0673 e. The Kier molecular flexibility index (Phi) is 5.16. The van der Waals surface area contributed by atoms with Crippen LogP contribution in [0.5, 0.6) is 0 Å². The summed E-state index contributed by atoms with van der Waals surface area (Å²) in [5, 5.41) is 3.59. The Morgan fingerprint density at radius 1 is 1.62 bits per heavy atom. The molecule has 0 aromatic heterocycles. The lowest BCUT2D eigenvalue weighted by Gasteiger charge is -2.32. The number of thioether (sulfide) groups is 1. The minimum atomic E-state index is 0.691. The number of hydrogen-bond acceptors (Lipinski definition) is 4. The van der Waals surface area contributed by atoms with Gasteiger partial charge in [0.1, 0.15) is 0 Å². The summed E-state index contributed by atoms with van der Waals surface area (Å²) in [6.07, 6.45) is 3.51. The van der Waals surface area contributed by atoms with E-state index in [0.717, 1.165) is 13.2 Å². The molecule has 16 heavy (non-hydrogen) atoms. The van der Waals surface area contributed by atoms with Crippen molar-refractivity contribution in [3.8, 4) is 0 Å². The van der Waals surface area contributed by atoms with Gasteiger partial charge in [0.05, 0.1) is 6.61 Å². The molecule has 2 heterocycles. The third-order valence-corrected chi connectivity index (χ3v) is 4.32. The van der Waals surface area contributed by atoms with E-state index in [9.17, 15) is 0 Å². The molecule has 4 heteroatoms. The second kappa shape index (κ2) is 6.64. The highest BCUT2D eigenvalue weighted by Crippen LogP contribution is 2.13. The number of methoxy groups -OCH3 is 1. The van der Waals surface area contributed by atoms with Crippen LogP contribution in [0.25, 0.3) is 0 Å². The minimum Gasteiger partial charge on any atom is -0.380 e. The van der Waals surface area contributed by atoms with Crippen molar-refractivity contribution in [1.29, 1.82) is 0 Å². The normalized spacial score (nSPS) is 27.8. The van der Waals surface area contributed by atoms with Gasteiger partial charge < -0.3 is 10.1 Å². The summed E-state index contributed by atoms with van der Waals surface area (Å²) in [6, 6.07) is 0.691. The quantitative estimate of drug-likeness (QED) is 0.743. The van der Waals surface area contributed by atoms with Crippen LogP contribution in [0, 0.1) is 0 Å². The van der Waals surface area contributed by atoms with Gasteiger partial charge in [-0.05, 0) is 12.0 Å². The average Bonchev–Trinajstić information content (AvgIpc) is 2.33. The molecule has 0 aromatic carbocycles. The van der Waals surface area contributed by atoms with Crippen LogP contribution >= 0.6 is 11.8 Å². The van der Waals surface area contributed by atoms with Crippen molar-refractivity contribution < 1.29 is 4.74 Å². The fourth-order valence-corrected chi connectivity index (χ4v) is 3.22. The molecule has 1 unspecified atom stereocenters. The first-order valence-electron chi connectivity index (χ1n) is 6.09. The van der Waals surface area contributed by atoms with Gasteiger partial charge in [-0.1, -0.05) is 6.08 Å². The summed E-state index contributed by atoms with van der Waals surface area (Å²) in [6.45, 7) is 5.47. The van der Waals surface area contributed by atoms with E-state index in [0.29, 0.717) is 6.04 Å². The number of hydrogen-bond donors (Lipinski definition) is 1. The van der Waals surface area contributed by atoms with Crippen LogP contribution in [-0.2, 0) is 4.74 Å². The summed E-state index contributed by atoms with van der Waals surface area (Å²) < 4.78 is 5.16. The van der Waals surface area contributed by atoms with Crippen molar-refractivity contribution in [2.45, 2.75) is 12.5 Å². The van der Waals surface area contributed by atoms with Crippen molar-refractivity contribution in [2.24, 2.45) is 0 Å². The van der Waals surface area contributed by atoms with Crippen molar-refractivity contribution in [3.63, 3.8) is 0 Å². The molecule has 0 amide bonds. The molecule has 1 atom stereocenters. The first-order chi connectivity index (χ1) is 7.88. The minimum absolute atomic E-state index is 0.691. The van der Waals surface area contributed by atoms with Gasteiger partial charge in [-0.25, -0.2) is 0 Å². The number of ether oxygens (including phenoxy) is 1. The SMILES string of the molecule is COCC1=CCN(CC2CSCCN2)CC1. The number of nitrogens with zero attached hydrogens (tertiary/aromatic N) is 1. The number of rotatable bonds is 4. The first kappa shape index (κ1) is 12.4. The lowest BCUT2D eigenvalue weighted by molar-refractivity contribution is 0.208. The standard InChI is InChI=1S/C12H22N2OS/c1-15-9-11-2-5-14(6-3-11)8-12-10-16-7-4-13-12/h2,12-13H,3-10H2,1H3. The lowest BCUT2D eigenvalue weighted by Crippen LogP contribution is -2.47. The third-order valence-electron chi connectivity index (χ3n) is 3.19. The Hall–Kier alpha value is -0.0300. The molecular formula is C12H22N2OS. The van der Waals surface area contributed by atoms with E-state index < -0.39 is 0 Å². The van der Waals surface area contributed by atoms with E-state index in [4.69, 9.17) is 4.74 Å². The van der Waals surface area contributed by atoms with Gasteiger partial charge in [0.25, 0.3) is 0 Å². The van der Waals surface area contributed by atoms with Crippen LogP contribution in [0.3, 0.4) is 0 Å². The highest BCUT2D eigenvalue weighted by Gasteiger charge is 2.18. The highest BCUT2D eigenvalue weighted by molar-refractivity contribution is 7.99. The molecule has 1 fully saturated rings. The summed E-state index contributed by atoms with van der Waals surface area (Å²) in [4.78, 5) is 2.54. The van der Waals surface area contributed by atoms with Crippen LogP contribution in [0.4, 0.5) is 0 Å². The van der Waals surface area contributed by atoms with E-state index in [2.05, 4.69) is 28.1 Å². The van der Waals surface area contributed by atoms with Crippen LogP contribution in [0.15, 0.2) is 11.6 Å². The Labute approximate surface area is 103 Å². The van der Waals surface area contributed by atoms with Crippen molar-refractivity contribution >= 4 is 11.8 Å². The van der Waals surface area contributed by atoms with Crippen LogP contribution in [0.2, 0.25) is 0 Å². The molecule has 1 saturated heterocycles. The largest absolute Gasteiger partial charge is 0.380 e. The van der Waals surface area contributed by atoms with Gasteiger partial charge in [0.15, 0.2) is 0 Å². The zero-order valence-corrected chi connectivity index (χ0v) is 10.9. The number of nitrogens with one attached hydrogen (secondary N) is 1. The fourth-order valence-electron chi connectivity index (χ4n) is 2.28. The monoisotopic (exact) mass is 242 g/mol. The summed E-state index contributed by atoms with van der Waals surface area (Å²) in [5.74, 6) is 2.54. The topological polar surface area (TPSA) is 24.5 Å². The first-order valence-corrected chi connectivity index (χ1v) is 7.24. The van der Waals surface area contributed by atoms with Gasteiger partial charge in [0.2, 0.25) is 0 Å². The predicted octanol–water partition coefficient (Wildman–Crippen LogP) is 0.970. The van der Waals surface area contributed by atoms with Crippen molar-refractivity contribution in [1.82, 2.24) is 10.2 Å². The Morgan fingerprint density at radius 3 is 3.19 bits per heavy atom. The lowest BCUT2D eigenvalue weighted by atomic mass is 10.1. The van der Waals surface area contributed by atoms with E-state index in [1.165, 1.54) is 43.1 Å². The molecule has 0 aliphatic carbocycles. The van der Waals surface area contributed by atoms with Crippen LogP contribution in [0.1, 0.15) is 6.42 Å². The molecular weight excluding hydrogens is 220 g/mol. The molecule has 2 rings (SSSR count). The fraction of sp³-hybridized carbons (Fsp3) is 0.833. The van der Waals surface area contributed by atoms with Gasteiger partial charge in [-0.2, -0.15) is 11.8 Å². The summed E-state index contributed by atoms with van der Waals surface area (Å²) in [7, 11) is 1.77. The van der Waals surface area contributed by atoms with Crippen LogP contribution < -0.4 is 5.32 Å². The zero-order valence-electron chi connectivity index (χ0n) is 10.1. The molecule has 0 saturated carbocycles. The molecule has 3 nitrogen and oxygen atoms in total. The molecule has 0 bridgehead atoms. The Balaban J connectivity index is 1.71. The second-order valence-electron chi connectivity index (χ2n) is 4.53. The zero-order chi connectivity index (χ0) is 11.2. The van der Waals surface area contributed by atoms with Gasteiger partial charge in [-0.15, -0.1) is 0 Å².